The maximum absolute atomic E-state index is 11.4. The van der Waals surface area contributed by atoms with Crippen LogP contribution in [0.1, 0.15) is 20.8 Å². The molecule has 2 heterocycles. The number of hydrogen-bond donors (Lipinski definition) is 2. The van der Waals surface area contributed by atoms with Crippen LogP contribution in [0.25, 0.3) is 5.95 Å². The molecule has 0 aromatic carbocycles. The van der Waals surface area contributed by atoms with Gasteiger partial charge in [-0.25, -0.2) is 4.98 Å². The van der Waals surface area contributed by atoms with E-state index in [2.05, 4.69) is 35.7 Å². The van der Waals surface area contributed by atoms with Crippen LogP contribution in [-0.2, 0) is 9.53 Å². The summed E-state index contributed by atoms with van der Waals surface area (Å²) in [5.41, 5.74) is 0. The van der Waals surface area contributed by atoms with E-state index < -0.39 is 0 Å². The molecule has 2 aromatic rings. The normalized spacial score (nSPS) is 10.5. The molecule has 0 fully saturated rings. The zero-order valence-corrected chi connectivity index (χ0v) is 14.6. The molecule has 130 valence electrons. The number of hydrogen-bond acceptors (Lipinski definition) is 10. The molecule has 11 heteroatoms. The number of ether oxygens (including phenoxy) is 1. The van der Waals surface area contributed by atoms with Crippen LogP contribution in [0.5, 0.6) is 0 Å². The molecule has 0 radical (unpaired) electrons. The van der Waals surface area contributed by atoms with Gasteiger partial charge in [0.2, 0.25) is 17.1 Å². The molecule has 2 rings (SSSR count). The fraction of sp³-hybridized carbons (Fsp3) is 0.538. The summed E-state index contributed by atoms with van der Waals surface area (Å²) in [7, 11) is 0. The molecule has 0 saturated heterocycles. The highest BCUT2D eigenvalue weighted by molar-refractivity contribution is 7.99. The third kappa shape index (κ3) is 5.05. The number of carbonyl (C=O) groups excluding carboxylic acids is 1. The van der Waals surface area contributed by atoms with Crippen molar-refractivity contribution in [3.8, 4) is 5.95 Å². The van der Waals surface area contributed by atoms with Gasteiger partial charge in [0.05, 0.1) is 12.4 Å². The number of aromatic nitrogens is 6. The Kier molecular flexibility index (Phi) is 6.73. The smallest absolute Gasteiger partial charge is 0.316 e. The number of carbonyl (C=O) groups is 1. The van der Waals surface area contributed by atoms with Gasteiger partial charge in [-0.1, -0.05) is 11.8 Å². The number of anilines is 2. The Hall–Kier alpha value is -2.43. The lowest BCUT2D eigenvalue weighted by molar-refractivity contribution is -0.139. The first-order valence-electron chi connectivity index (χ1n) is 7.60. The zero-order chi connectivity index (χ0) is 17.4. The molecule has 2 N–H and O–H groups in total. The van der Waals surface area contributed by atoms with E-state index in [1.54, 1.807) is 6.92 Å². The molecule has 0 spiro atoms. The molecule has 0 saturated carbocycles. The van der Waals surface area contributed by atoms with Gasteiger partial charge in [0.25, 0.3) is 5.95 Å². The SMILES string of the molecule is CCNc1nc(NCC)nc(-n2cnc(SCC(=O)OCC)n2)n1. The van der Waals surface area contributed by atoms with Gasteiger partial charge >= 0.3 is 5.97 Å². The Bertz CT molecular complexity index is 653. The highest BCUT2D eigenvalue weighted by Gasteiger charge is 2.12. The molecular weight excluding hydrogens is 332 g/mol. The monoisotopic (exact) mass is 352 g/mol. The number of nitrogens with zero attached hydrogens (tertiary/aromatic N) is 6. The van der Waals surface area contributed by atoms with Gasteiger partial charge in [0.15, 0.2) is 0 Å². The Morgan fingerprint density at radius 1 is 1.17 bits per heavy atom. The Morgan fingerprint density at radius 3 is 2.42 bits per heavy atom. The van der Waals surface area contributed by atoms with Crippen molar-refractivity contribution < 1.29 is 9.53 Å². The standard InChI is InChI=1S/C13H20N8O2S/c1-4-14-10-17-11(15-5-2)19-12(18-10)21-8-16-13(20-21)24-7-9(22)23-6-3/h8H,4-7H2,1-3H3,(H2,14,15,17,18,19). The topological polar surface area (TPSA) is 120 Å². The summed E-state index contributed by atoms with van der Waals surface area (Å²) in [6.45, 7) is 7.40. The van der Waals surface area contributed by atoms with Gasteiger partial charge in [0.1, 0.15) is 6.33 Å². The summed E-state index contributed by atoms with van der Waals surface area (Å²) in [6, 6.07) is 0. The van der Waals surface area contributed by atoms with Crippen molar-refractivity contribution in [1.29, 1.82) is 0 Å². The van der Waals surface area contributed by atoms with E-state index in [1.807, 2.05) is 13.8 Å². The average Bonchev–Trinajstić information content (AvgIpc) is 3.03. The maximum atomic E-state index is 11.4. The molecule has 0 aliphatic heterocycles. The van der Waals surface area contributed by atoms with E-state index in [9.17, 15) is 4.79 Å². The predicted molar refractivity (Wildman–Crippen MR) is 90.4 cm³/mol. The van der Waals surface area contributed by atoms with Crippen molar-refractivity contribution >= 4 is 29.6 Å². The van der Waals surface area contributed by atoms with Crippen molar-refractivity contribution in [2.75, 3.05) is 36.1 Å². The Labute approximate surface area is 143 Å². The van der Waals surface area contributed by atoms with Crippen LogP contribution in [-0.4, -0.2) is 61.1 Å². The summed E-state index contributed by atoms with van der Waals surface area (Å²) >= 11 is 1.19. The highest BCUT2D eigenvalue weighted by Crippen LogP contribution is 2.14. The minimum Gasteiger partial charge on any atom is -0.465 e. The zero-order valence-electron chi connectivity index (χ0n) is 13.8. The van der Waals surface area contributed by atoms with E-state index in [0.717, 1.165) is 0 Å². The second-order valence-corrected chi connectivity index (χ2v) is 5.35. The molecule has 0 unspecified atom stereocenters. The molecule has 24 heavy (non-hydrogen) atoms. The Balaban J connectivity index is 2.14. The number of esters is 1. The van der Waals surface area contributed by atoms with E-state index in [4.69, 9.17) is 4.74 Å². The summed E-state index contributed by atoms with van der Waals surface area (Å²) in [6.07, 6.45) is 1.49. The van der Waals surface area contributed by atoms with Crippen LogP contribution in [0, 0.1) is 0 Å². The first kappa shape index (κ1) is 17.9. The van der Waals surface area contributed by atoms with Gasteiger partial charge < -0.3 is 15.4 Å². The van der Waals surface area contributed by atoms with E-state index in [-0.39, 0.29) is 11.7 Å². The van der Waals surface area contributed by atoms with Crippen molar-refractivity contribution in [1.82, 2.24) is 29.7 Å². The molecule has 0 aliphatic carbocycles. The van der Waals surface area contributed by atoms with Crippen molar-refractivity contribution in [3.05, 3.63) is 6.33 Å². The summed E-state index contributed by atoms with van der Waals surface area (Å²) in [5, 5.41) is 10.8. The lowest BCUT2D eigenvalue weighted by Gasteiger charge is -2.07. The predicted octanol–water partition coefficient (Wildman–Crippen LogP) is 0.971. The molecule has 0 atom stereocenters. The van der Waals surface area contributed by atoms with Crippen LogP contribution in [0.15, 0.2) is 11.5 Å². The van der Waals surface area contributed by atoms with Crippen molar-refractivity contribution in [2.24, 2.45) is 0 Å². The summed E-state index contributed by atoms with van der Waals surface area (Å²) < 4.78 is 6.31. The van der Waals surface area contributed by atoms with Crippen LogP contribution >= 0.6 is 11.8 Å². The fourth-order valence-electron chi connectivity index (χ4n) is 1.68. The number of rotatable bonds is 9. The van der Waals surface area contributed by atoms with E-state index in [1.165, 1.54) is 22.8 Å². The molecular formula is C13H20N8O2S. The second-order valence-electron chi connectivity index (χ2n) is 4.41. The minimum atomic E-state index is -0.303. The summed E-state index contributed by atoms with van der Waals surface area (Å²) in [5.74, 6) is 1.10. The number of nitrogens with one attached hydrogen (secondary N) is 2. The first-order chi connectivity index (χ1) is 11.7. The van der Waals surface area contributed by atoms with E-state index in [0.29, 0.717) is 42.7 Å². The lowest BCUT2D eigenvalue weighted by atomic mass is 10.7. The van der Waals surface area contributed by atoms with E-state index >= 15 is 0 Å². The molecule has 0 amide bonds. The van der Waals surface area contributed by atoms with Gasteiger partial charge in [-0.2, -0.15) is 19.6 Å². The lowest BCUT2D eigenvalue weighted by Crippen LogP contribution is -2.12. The Morgan fingerprint density at radius 2 is 1.83 bits per heavy atom. The van der Waals surface area contributed by atoms with Crippen LogP contribution in [0.4, 0.5) is 11.9 Å². The van der Waals surface area contributed by atoms with Gasteiger partial charge in [-0.3, -0.25) is 4.79 Å². The van der Waals surface area contributed by atoms with Crippen LogP contribution in [0.2, 0.25) is 0 Å². The van der Waals surface area contributed by atoms with Gasteiger partial charge in [0, 0.05) is 13.1 Å². The second kappa shape index (κ2) is 9.01. The van der Waals surface area contributed by atoms with Crippen LogP contribution < -0.4 is 10.6 Å². The largest absolute Gasteiger partial charge is 0.465 e. The molecule has 2 aromatic heterocycles. The third-order valence-electron chi connectivity index (χ3n) is 2.59. The van der Waals surface area contributed by atoms with Gasteiger partial charge in [-0.15, -0.1) is 5.10 Å². The fourth-order valence-corrected chi connectivity index (χ4v) is 2.28. The van der Waals surface area contributed by atoms with Gasteiger partial charge in [-0.05, 0) is 20.8 Å². The minimum absolute atomic E-state index is 0.153. The summed E-state index contributed by atoms with van der Waals surface area (Å²) in [4.78, 5) is 28.4. The van der Waals surface area contributed by atoms with Crippen molar-refractivity contribution in [3.63, 3.8) is 0 Å². The highest BCUT2D eigenvalue weighted by atomic mass is 32.2. The first-order valence-corrected chi connectivity index (χ1v) is 8.59. The third-order valence-corrected chi connectivity index (χ3v) is 3.42. The molecule has 10 nitrogen and oxygen atoms in total. The quantitative estimate of drug-likeness (QED) is 0.499. The molecule has 0 bridgehead atoms. The average molecular weight is 352 g/mol. The van der Waals surface area contributed by atoms with Crippen LogP contribution in [0.3, 0.4) is 0 Å². The molecule has 0 aliphatic rings. The maximum Gasteiger partial charge on any atom is 0.316 e. The number of thioether (sulfide) groups is 1. The van der Waals surface area contributed by atoms with Crippen molar-refractivity contribution in [2.45, 2.75) is 25.9 Å².